The number of rotatable bonds is 16. The zero-order valence-electron chi connectivity index (χ0n) is 34.0. The Kier molecular flexibility index (Phi) is 14.8. The molecule has 60 heavy (non-hydrogen) atoms. The van der Waals surface area contributed by atoms with Crippen LogP contribution in [-0.4, -0.2) is 70.7 Å². The Morgan fingerprint density at radius 2 is 0.883 bits per heavy atom. The van der Waals surface area contributed by atoms with Gasteiger partial charge in [0.2, 0.25) is 0 Å². The SMILES string of the molecule is O=C1CC2C(CC(OC(=O)c3ccccc3)[C@@H]2CCC(O)CCc2ccccc2)O1.O=C1CC2C(CC(OC(=O)c3ccccc3)[C@@H]2CCC(O)CCc2ccccc2)O1. The van der Waals surface area contributed by atoms with Crippen LogP contribution in [0.25, 0.3) is 0 Å². The van der Waals surface area contributed by atoms with E-state index in [4.69, 9.17) is 18.9 Å². The lowest BCUT2D eigenvalue weighted by atomic mass is 9.86. The van der Waals surface area contributed by atoms with Gasteiger partial charge in [0.1, 0.15) is 24.4 Å². The highest BCUT2D eigenvalue weighted by Crippen LogP contribution is 2.46. The van der Waals surface area contributed by atoms with E-state index in [-0.39, 0.29) is 72.0 Å². The van der Waals surface area contributed by atoms with Crippen molar-refractivity contribution >= 4 is 23.9 Å². The molecule has 2 aliphatic carbocycles. The molecule has 4 aromatic rings. The van der Waals surface area contributed by atoms with E-state index in [1.54, 1.807) is 24.3 Å². The van der Waals surface area contributed by atoms with Crippen LogP contribution in [0.15, 0.2) is 121 Å². The summed E-state index contributed by atoms with van der Waals surface area (Å²) in [6.07, 6.45) is 5.72. The molecule has 4 aliphatic rings. The summed E-state index contributed by atoms with van der Waals surface area (Å²) >= 11 is 0. The van der Waals surface area contributed by atoms with Gasteiger partial charge in [0, 0.05) is 36.5 Å². The third kappa shape index (κ3) is 11.5. The predicted octanol–water partition coefficient (Wildman–Crippen LogP) is 7.88. The molecule has 2 heterocycles. The van der Waals surface area contributed by atoms with Crippen molar-refractivity contribution < 1.29 is 48.3 Å². The lowest BCUT2D eigenvalue weighted by molar-refractivity contribution is -0.143. The molecular weight excluding hydrogens is 761 g/mol. The highest BCUT2D eigenvalue weighted by molar-refractivity contribution is 5.90. The van der Waals surface area contributed by atoms with Crippen LogP contribution in [0.2, 0.25) is 0 Å². The fraction of sp³-hybridized carbons (Fsp3) is 0.440. The van der Waals surface area contributed by atoms with Crippen molar-refractivity contribution in [1.82, 2.24) is 0 Å². The van der Waals surface area contributed by atoms with E-state index < -0.39 is 12.2 Å². The number of carbonyl (C=O) groups excluding carboxylic acids is 4. The molecule has 0 bridgehead atoms. The molecule has 2 aliphatic heterocycles. The summed E-state index contributed by atoms with van der Waals surface area (Å²) in [6.45, 7) is 0. The van der Waals surface area contributed by atoms with Crippen LogP contribution in [0.1, 0.15) is 96.1 Å². The van der Waals surface area contributed by atoms with Gasteiger partial charge in [-0.1, -0.05) is 97.1 Å². The third-order valence-electron chi connectivity index (χ3n) is 12.7. The van der Waals surface area contributed by atoms with Crippen molar-refractivity contribution in [2.75, 3.05) is 0 Å². The van der Waals surface area contributed by atoms with Crippen molar-refractivity contribution in [3.8, 4) is 0 Å². The average Bonchev–Trinajstić information content (AvgIpc) is 4.00. The number of aliphatic hydroxyl groups is 2. The van der Waals surface area contributed by atoms with E-state index in [9.17, 15) is 29.4 Å². The molecule has 2 N–H and O–H groups in total. The summed E-state index contributed by atoms with van der Waals surface area (Å²) in [5.41, 5.74) is 3.46. The Morgan fingerprint density at radius 1 is 0.533 bits per heavy atom. The Morgan fingerprint density at radius 3 is 1.25 bits per heavy atom. The summed E-state index contributed by atoms with van der Waals surface area (Å²) in [7, 11) is 0. The van der Waals surface area contributed by atoms with Gasteiger partial charge in [-0.15, -0.1) is 0 Å². The first kappa shape index (κ1) is 42.8. The minimum absolute atomic E-state index is 0.0282. The van der Waals surface area contributed by atoms with Gasteiger partial charge in [0.25, 0.3) is 0 Å². The number of hydrogen-bond acceptors (Lipinski definition) is 10. The zero-order valence-corrected chi connectivity index (χ0v) is 34.0. The highest BCUT2D eigenvalue weighted by atomic mass is 16.6. The van der Waals surface area contributed by atoms with Crippen LogP contribution >= 0.6 is 0 Å². The normalized spacial score (nSPS) is 26.1. The molecule has 2 saturated carbocycles. The first-order chi connectivity index (χ1) is 29.2. The summed E-state index contributed by atoms with van der Waals surface area (Å²) < 4.78 is 22.6. The van der Waals surface area contributed by atoms with Crippen molar-refractivity contribution in [1.29, 1.82) is 0 Å². The highest BCUT2D eigenvalue weighted by Gasteiger charge is 2.52. The van der Waals surface area contributed by atoms with Crippen LogP contribution in [0.5, 0.6) is 0 Å². The monoisotopic (exact) mass is 816 g/mol. The van der Waals surface area contributed by atoms with E-state index in [1.807, 2.05) is 72.8 Å². The fourth-order valence-electron chi connectivity index (χ4n) is 9.56. The average molecular weight is 817 g/mol. The minimum Gasteiger partial charge on any atom is -0.462 e. The quantitative estimate of drug-likeness (QED) is 0.0847. The van der Waals surface area contributed by atoms with Crippen LogP contribution in [0.3, 0.4) is 0 Å². The molecule has 0 radical (unpaired) electrons. The van der Waals surface area contributed by atoms with E-state index in [1.165, 1.54) is 11.1 Å². The Balaban J connectivity index is 0.000000181. The molecule has 0 spiro atoms. The van der Waals surface area contributed by atoms with Gasteiger partial charge in [0.05, 0.1) is 36.2 Å². The zero-order chi connectivity index (χ0) is 41.8. The van der Waals surface area contributed by atoms with E-state index in [0.29, 0.717) is 75.3 Å². The molecule has 10 atom stereocenters. The first-order valence-electron chi connectivity index (χ1n) is 21.5. The Hall–Kier alpha value is -5.32. The summed E-state index contributed by atoms with van der Waals surface area (Å²) in [4.78, 5) is 48.6. The molecule has 8 unspecified atom stereocenters. The molecule has 2 saturated heterocycles. The maximum Gasteiger partial charge on any atom is 0.338 e. The lowest BCUT2D eigenvalue weighted by Gasteiger charge is -2.24. The van der Waals surface area contributed by atoms with Gasteiger partial charge in [-0.05, 0) is 86.8 Å². The maximum atomic E-state index is 12.5. The number of aliphatic hydroxyl groups excluding tert-OH is 2. The summed E-state index contributed by atoms with van der Waals surface area (Å²) in [5.74, 6) is -0.858. The molecular formula is C50H56O10. The number of hydrogen-bond donors (Lipinski definition) is 2. The fourth-order valence-corrected chi connectivity index (χ4v) is 9.56. The van der Waals surface area contributed by atoms with E-state index in [0.717, 1.165) is 12.8 Å². The van der Waals surface area contributed by atoms with Crippen molar-refractivity contribution in [2.45, 2.75) is 114 Å². The lowest BCUT2D eigenvalue weighted by Crippen LogP contribution is -2.27. The standard InChI is InChI=1S/2C25H28O5/c2*26-19(12-11-17-7-3-1-4-8-17)13-14-20-21-15-24(27)29-23(21)16-22(20)30-25(28)18-9-5-2-6-10-18/h2*1-10,19-23,26H,11-16H2/t2*19?,20-,21?,22?,23?/m11/s1. The molecule has 0 amide bonds. The van der Waals surface area contributed by atoms with Gasteiger partial charge in [-0.25, -0.2) is 9.59 Å². The second kappa shape index (κ2) is 20.8. The molecule has 4 fully saturated rings. The van der Waals surface area contributed by atoms with Crippen molar-refractivity contribution in [2.24, 2.45) is 23.7 Å². The largest absolute Gasteiger partial charge is 0.462 e. The molecule has 0 aromatic heterocycles. The van der Waals surface area contributed by atoms with Gasteiger partial charge in [0.15, 0.2) is 0 Å². The Bertz CT molecular complexity index is 1850. The van der Waals surface area contributed by atoms with Crippen molar-refractivity contribution in [3.05, 3.63) is 144 Å². The van der Waals surface area contributed by atoms with E-state index in [2.05, 4.69) is 24.3 Å². The molecule has 8 rings (SSSR count). The maximum absolute atomic E-state index is 12.5. The second-order valence-electron chi connectivity index (χ2n) is 16.7. The minimum atomic E-state index is -0.423. The molecule has 316 valence electrons. The topological polar surface area (TPSA) is 146 Å². The van der Waals surface area contributed by atoms with Crippen LogP contribution < -0.4 is 0 Å². The molecule has 4 aromatic carbocycles. The van der Waals surface area contributed by atoms with Crippen LogP contribution in [0, 0.1) is 23.7 Å². The number of benzene rings is 4. The van der Waals surface area contributed by atoms with Crippen LogP contribution in [-0.2, 0) is 41.4 Å². The Labute approximate surface area is 352 Å². The first-order valence-corrected chi connectivity index (χ1v) is 21.5. The van der Waals surface area contributed by atoms with Gasteiger partial charge in [-0.3, -0.25) is 9.59 Å². The molecule has 10 nitrogen and oxygen atoms in total. The van der Waals surface area contributed by atoms with Crippen molar-refractivity contribution in [3.63, 3.8) is 0 Å². The predicted molar refractivity (Wildman–Crippen MR) is 223 cm³/mol. The van der Waals surface area contributed by atoms with Gasteiger partial charge in [-0.2, -0.15) is 0 Å². The van der Waals surface area contributed by atoms with E-state index >= 15 is 0 Å². The van der Waals surface area contributed by atoms with Gasteiger partial charge < -0.3 is 29.2 Å². The van der Waals surface area contributed by atoms with Crippen LogP contribution in [0.4, 0.5) is 0 Å². The number of aryl methyl sites for hydroxylation is 2. The summed E-state index contributed by atoms with van der Waals surface area (Å²) in [6, 6.07) is 38.1. The number of esters is 4. The smallest absolute Gasteiger partial charge is 0.338 e. The van der Waals surface area contributed by atoms with Gasteiger partial charge >= 0.3 is 23.9 Å². The third-order valence-corrected chi connectivity index (χ3v) is 12.7. The molecule has 10 heteroatoms. The summed E-state index contributed by atoms with van der Waals surface area (Å²) in [5, 5.41) is 21.0. The number of ether oxygens (including phenoxy) is 4. The second-order valence-corrected chi connectivity index (χ2v) is 16.7. The number of carbonyl (C=O) groups is 4. The number of fused-ring (bicyclic) bond motifs is 2.